The second kappa shape index (κ2) is 12.7. The predicted octanol–water partition coefficient (Wildman–Crippen LogP) is 10.3. The van der Waals surface area contributed by atoms with Crippen molar-refractivity contribution in [1.29, 1.82) is 0 Å². The first-order valence-electron chi connectivity index (χ1n) is 16.5. The van der Waals surface area contributed by atoms with Crippen molar-refractivity contribution in [3.8, 4) is 34.3 Å². The number of pyridine rings is 1. The van der Waals surface area contributed by atoms with E-state index in [0.717, 1.165) is 44.6 Å². The topological polar surface area (TPSA) is 57.8 Å². The van der Waals surface area contributed by atoms with Crippen LogP contribution in [0.3, 0.4) is 0 Å². The average molecular weight is 827 g/mol. The first-order valence-corrected chi connectivity index (χ1v) is 16.5. The van der Waals surface area contributed by atoms with Gasteiger partial charge in [0, 0.05) is 34.2 Å². The Kier molecular flexibility index (Phi) is 8.92. The Morgan fingerprint density at radius 2 is 1.41 bits per heavy atom. The van der Waals surface area contributed by atoms with Crippen LogP contribution in [-0.4, -0.2) is 24.5 Å². The van der Waals surface area contributed by atoms with Crippen LogP contribution in [0.25, 0.3) is 44.6 Å². The van der Waals surface area contributed by atoms with Gasteiger partial charge in [-0.25, -0.2) is 4.98 Å². The number of hydrogen-bond acceptors (Lipinski definition) is 4. The van der Waals surface area contributed by atoms with Gasteiger partial charge in [-0.1, -0.05) is 83.0 Å². The zero-order valence-electron chi connectivity index (χ0n) is 29.5. The second-order valence-electron chi connectivity index (χ2n) is 14.8. The number of aromatic nitrogens is 5. The average Bonchev–Trinajstić information content (AvgIpc) is 3.61. The Bertz CT molecular complexity index is 2310. The van der Waals surface area contributed by atoms with Crippen LogP contribution < -0.4 is 4.74 Å². The molecule has 7 aromatic rings. The standard InChI is InChI=1S/C42H41N5O.Pt/c1-26-21-27(2)38(28(3)22-26)39-40(42(7,8)9)45-47(44-39)30-13-12-14-31(24-30)48-32-17-18-34-33-15-10-11-16-35(33)46(36(34)25-32)37-23-29(19-20-43-37)41(4,5)6;/h10-23H,1-9H3;/q-2;+2. The van der Waals surface area contributed by atoms with Crippen molar-refractivity contribution >= 4 is 21.8 Å². The molecule has 0 atom stereocenters. The number of nitrogens with zero attached hydrogens (tertiary/aromatic N) is 5. The van der Waals surface area contributed by atoms with Gasteiger partial charge in [0.1, 0.15) is 11.5 Å². The fourth-order valence-electron chi connectivity index (χ4n) is 6.55. The van der Waals surface area contributed by atoms with Gasteiger partial charge in [-0.05, 0) is 72.1 Å². The zero-order valence-corrected chi connectivity index (χ0v) is 31.8. The first-order chi connectivity index (χ1) is 22.8. The van der Waals surface area contributed by atoms with E-state index in [2.05, 4.69) is 134 Å². The smallest absolute Gasteiger partial charge is 0.509 e. The van der Waals surface area contributed by atoms with E-state index in [0.29, 0.717) is 17.2 Å². The van der Waals surface area contributed by atoms with E-state index in [-0.39, 0.29) is 31.9 Å². The summed E-state index contributed by atoms with van der Waals surface area (Å²) < 4.78 is 8.61. The van der Waals surface area contributed by atoms with E-state index in [1.807, 2.05) is 30.5 Å². The summed E-state index contributed by atoms with van der Waals surface area (Å²) in [7, 11) is 0. The van der Waals surface area contributed by atoms with Gasteiger partial charge >= 0.3 is 21.1 Å². The predicted molar refractivity (Wildman–Crippen MR) is 195 cm³/mol. The molecule has 0 radical (unpaired) electrons. The van der Waals surface area contributed by atoms with Crippen LogP contribution >= 0.6 is 0 Å². The van der Waals surface area contributed by atoms with Crippen LogP contribution in [0.1, 0.15) is 69.5 Å². The molecule has 0 spiro atoms. The molecule has 0 unspecified atom stereocenters. The molecule has 250 valence electrons. The summed E-state index contributed by atoms with van der Waals surface area (Å²) in [4.78, 5) is 6.48. The SMILES string of the molecule is Cc1cc(C)c(-c2nn(-c3[c-]c(Oc4[c-]c5c(cc4)c4ccccc4n5-c4cc(C(C)(C)C)ccn4)ccc3)nc2C(C)(C)C)c(C)c1.[Pt+2]. The van der Waals surface area contributed by atoms with E-state index in [1.165, 1.54) is 22.3 Å². The molecule has 0 bridgehead atoms. The van der Waals surface area contributed by atoms with Crippen molar-refractivity contribution < 1.29 is 25.8 Å². The molecule has 7 heteroatoms. The number of hydrogen-bond donors (Lipinski definition) is 0. The maximum Gasteiger partial charge on any atom is 2.00 e. The Morgan fingerprint density at radius 1 is 0.694 bits per heavy atom. The monoisotopic (exact) mass is 826 g/mol. The third kappa shape index (κ3) is 6.47. The Balaban J connectivity index is 0.00000417. The van der Waals surface area contributed by atoms with E-state index >= 15 is 0 Å². The maximum atomic E-state index is 6.44. The van der Waals surface area contributed by atoms with Gasteiger partial charge in [-0.15, -0.1) is 40.8 Å². The zero-order chi connectivity index (χ0) is 34.0. The van der Waals surface area contributed by atoms with Crippen LogP contribution in [0.5, 0.6) is 11.5 Å². The fourth-order valence-corrected chi connectivity index (χ4v) is 6.55. The molecule has 0 N–H and O–H groups in total. The van der Waals surface area contributed by atoms with Gasteiger partial charge in [0.25, 0.3) is 0 Å². The largest absolute Gasteiger partial charge is 2.00 e. The molecule has 0 fully saturated rings. The number of ether oxygens (including phenoxy) is 1. The molecular formula is C42H41N5OPt. The molecule has 0 saturated carbocycles. The Labute approximate surface area is 303 Å². The minimum atomic E-state index is -0.213. The van der Waals surface area contributed by atoms with Crippen LogP contribution in [0.2, 0.25) is 0 Å². The molecule has 4 aromatic carbocycles. The van der Waals surface area contributed by atoms with Gasteiger partial charge in [0.15, 0.2) is 0 Å². The number of aryl methyl sites for hydroxylation is 3. The molecule has 0 aliphatic heterocycles. The summed E-state index contributed by atoms with van der Waals surface area (Å²) in [5, 5.41) is 12.3. The van der Waals surface area contributed by atoms with E-state index < -0.39 is 0 Å². The van der Waals surface area contributed by atoms with Gasteiger partial charge < -0.3 is 9.30 Å². The van der Waals surface area contributed by atoms with Crippen LogP contribution in [0, 0.1) is 32.9 Å². The summed E-state index contributed by atoms with van der Waals surface area (Å²) in [5.74, 6) is 1.99. The third-order valence-electron chi connectivity index (χ3n) is 8.82. The van der Waals surface area contributed by atoms with Gasteiger partial charge in [-0.2, -0.15) is 22.0 Å². The van der Waals surface area contributed by atoms with Crippen LogP contribution in [-0.2, 0) is 31.9 Å². The molecule has 0 saturated heterocycles. The molecule has 6 nitrogen and oxygen atoms in total. The molecule has 7 rings (SSSR count). The summed E-state index contributed by atoms with van der Waals surface area (Å²) >= 11 is 0. The van der Waals surface area contributed by atoms with Crippen molar-refractivity contribution in [2.45, 2.75) is 73.1 Å². The van der Waals surface area contributed by atoms with Crippen molar-refractivity contribution in [2.75, 3.05) is 0 Å². The van der Waals surface area contributed by atoms with Crippen molar-refractivity contribution in [1.82, 2.24) is 24.5 Å². The normalized spacial score (nSPS) is 12.0. The first kappa shape index (κ1) is 34.3. The molecule has 3 heterocycles. The van der Waals surface area contributed by atoms with Gasteiger partial charge in [-0.3, -0.25) is 0 Å². The Morgan fingerprint density at radius 3 is 2.12 bits per heavy atom. The van der Waals surface area contributed by atoms with E-state index in [4.69, 9.17) is 19.9 Å². The molecule has 0 amide bonds. The number of fused-ring (bicyclic) bond motifs is 3. The summed E-state index contributed by atoms with van der Waals surface area (Å²) in [5.41, 5.74) is 10.3. The molecule has 3 aromatic heterocycles. The number of rotatable bonds is 5. The number of benzene rings is 4. The van der Waals surface area contributed by atoms with Crippen molar-refractivity contribution in [3.63, 3.8) is 0 Å². The van der Waals surface area contributed by atoms with Crippen molar-refractivity contribution in [3.05, 3.63) is 125 Å². The summed E-state index contributed by atoms with van der Waals surface area (Å²) in [6.07, 6.45) is 1.89. The van der Waals surface area contributed by atoms with Crippen LogP contribution in [0.15, 0.2) is 85.1 Å². The van der Waals surface area contributed by atoms with E-state index in [9.17, 15) is 0 Å². The van der Waals surface area contributed by atoms with Crippen LogP contribution in [0.4, 0.5) is 0 Å². The summed E-state index contributed by atoms with van der Waals surface area (Å²) in [6, 6.07) is 33.9. The fraction of sp³-hybridized carbons (Fsp3) is 0.262. The quantitative estimate of drug-likeness (QED) is 0.162. The number of para-hydroxylation sites is 1. The second-order valence-corrected chi connectivity index (χ2v) is 14.8. The minimum absolute atomic E-state index is 0. The van der Waals surface area contributed by atoms with Gasteiger partial charge in [0.2, 0.25) is 0 Å². The maximum absolute atomic E-state index is 6.44. The molecule has 0 aliphatic rings. The molecular weight excluding hydrogens is 786 g/mol. The molecule has 49 heavy (non-hydrogen) atoms. The van der Waals surface area contributed by atoms with Crippen molar-refractivity contribution in [2.24, 2.45) is 0 Å². The van der Waals surface area contributed by atoms with E-state index in [1.54, 1.807) is 4.80 Å². The minimum Gasteiger partial charge on any atom is -0.509 e. The summed E-state index contributed by atoms with van der Waals surface area (Å²) in [6.45, 7) is 19.6. The van der Waals surface area contributed by atoms with Gasteiger partial charge in [0.05, 0.1) is 5.69 Å². The molecule has 0 aliphatic carbocycles. The Hall–Kier alpha value is -4.54. The third-order valence-corrected chi connectivity index (χ3v) is 8.82.